The van der Waals surface area contributed by atoms with Gasteiger partial charge < -0.3 is 15.2 Å². The molecule has 1 amide bonds. The van der Waals surface area contributed by atoms with Gasteiger partial charge in [0, 0.05) is 30.6 Å². The summed E-state index contributed by atoms with van der Waals surface area (Å²) in [4.78, 5) is 19.3. The summed E-state index contributed by atoms with van der Waals surface area (Å²) in [7, 11) is 0. The van der Waals surface area contributed by atoms with E-state index < -0.39 is 0 Å². The predicted octanol–water partition coefficient (Wildman–Crippen LogP) is 3.10. The van der Waals surface area contributed by atoms with Crippen molar-refractivity contribution in [3.8, 4) is 11.4 Å². The van der Waals surface area contributed by atoms with Gasteiger partial charge in [-0.05, 0) is 56.4 Å². The minimum atomic E-state index is -0.300. The van der Waals surface area contributed by atoms with Crippen LogP contribution in [0.15, 0.2) is 28.8 Å². The Kier molecular flexibility index (Phi) is 5.20. The number of nitrogens with two attached hydrogens (primary N) is 1. The summed E-state index contributed by atoms with van der Waals surface area (Å²) in [5.74, 6) is 1.00. The summed E-state index contributed by atoms with van der Waals surface area (Å²) in [5.41, 5.74) is 6.76. The van der Waals surface area contributed by atoms with E-state index in [9.17, 15) is 9.18 Å². The first-order valence-corrected chi connectivity index (χ1v) is 9.74. The molecule has 3 atom stereocenters. The van der Waals surface area contributed by atoms with E-state index in [0.717, 1.165) is 45.1 Å². The van der Waals surface area contributed by atoms with Crippen LogP contribution in [0.3, 0.4) is 0 Å². The van der Waals surface area contributed by atoms with Crippen molar-refractivity contribution in [3.63, 3.8) is 0 Å². The van der Waals surface area contributed by atoms with Gasteiger partial charge >= 0.3 is 0 Å². The molecule has 0 bridgehead atoms. The Morgan fingerprint density at radius 2 is 2.00 bits per heavy atom. The smallest absolute Gasteiger partial charge is 0.231 e. The lowest BCUT2D eigenvalue weighted by atomic mass is 9.84. The van der Waals surface area contributed by atoms with E-state index in [-0.39, 0.29) is 29.6 Å². The number of halogens is 1. The van der Waals surface area contributed by atoms with Crippen molar-refractivity contribution < 1.29 is 13.7 Å². The Morgan fingerprint density at radius 1 is 1.19 bits per heavy atom. The second-order valence-corrected chi connectivity index (χ2v) is 7.71. The number of amides is 1. The summed E-state index contributed by atoms with van der Waals surface area (Å²) < 4.78 is 18.6. The molecule has 1 saturated heterocycles. The number of carbonyl (C=O) groups excluding carboxylic acids is 1. The van der Waals surface area contributed by atoms with Crippen molar-refractivity contribution in [2.24, 2.45) is 11.7 Å². The van der Waals surface area contributed by atoms with Crippen LogP contribution in [0.5, 0.6) is 0 Å². The molecular formula is C20H25FN4O2. The van der Waals surface area contributed by atoms with Crippen LogP contribution in [0.2, 0.25) is 0 Å². The standard InChI is InChI=1S/C20H25FN4O2/c21-16-8-6-13(7-9-16)18-23-19(27-24-18)15-4-2-10-25(12-15)20(26)14-3-1-5-17(22)11-14/h6-9,14-15,17H,1-5,10-12,22H2. The number of nitrogens with zero attached hydrogens (tertiary/aromatic N) is 3. The van der Waals surface area contributed by atoms with Gasteiger partial charge in [-0.2, -0.15) is 4.98 Å². The molecule has 3 unspecified atom stereocenters. The molecule has 2 N–H and O–H groups in total. The molecule has 1 saturated carbocycles. The lowest BCUT2D eigenvalue weighted by Gasteiger charge is -2.35. The van der Waals surface area contributed by atoms with E-state index in [1.54, 1.807) is 12.1 Å². The highest BCUT2D eigenvalue weighted by Crippen LogP contribution is 2.31. The molecule has 0 radical (unpaired) electrons. The van der Waals surface area contributed by atoms with Crippen molar-refractivity contribution in [3.05, 3.63) is 36.0 Å². The second-order valence-electron chi connectivity index (χ2n) is 7.71. The highest BCUT2D eigenvalue weighted by molar-refractivity contribution is 5.79. The summed E-state index contributed by atoms with van der Waals surface area (Å²) in [5, 5.41) is 4.03. The van der Waals surface area contributed by atoms with Crippen molar-refractivity contribution in [1.82, 2.24) is 15.0 Å². The monoisotopic (exact) mass is 372 g/mol. The lowest BCUT2D eigenvalue weighted by Crippen LogP contribution is -2.44. The molecule has 7 heteroatoms. The third kappa shape index (κ3) is 4.03. The van der Waals surface area contributed by atoms with Gasteiger partial charge in [-0.15, -0.1) is 0 Å². The highest BCUT2D eigenvalue weighted by Gasteiger charge is 2.33. The fourth-order valence-electron chi connectivity index (χ4n) is 4.21. The molecule has 27 heavy (non-hydrogen) atoms. The number of hydrogen-bond acceptors (Lipinski definition) is 5. The third-order valence-corrected chi connectivity index (χ3v) is 5.69. The number of carbonyl (C=O) groups is 1. The molecule has 144 valence electrons. The summed E-state index contributed by atoms with van der Waals surface area (Å²) in [6.07, 6.45) is 5.60. The van der Waals surface area contributed by atoms with E-state index in [1.165, 1.54) is 12.1 Å². The molecule has 6 nitrogen and oxygen atoms in total. The molecule has 0 spiro atoms. The van der Waals surface area contributed by atoms with Gasteiger partial charge in [0.2, 0.25) is 17.6 Å². The van der Waals surface area contributed by atoms with Gasteiger partial charge in [-0.3, -0.25) is 4.79 Å². The normalized spacial score (nSPS) is 26.1. The average molecular weight is 372 g/mol. The van der Waals surface area contributed by atoms with Gasteiger partial charge in [0.15, 0.2) is 0 Å². The van der Waals surface area contributed by atoms with Crippen LogP contribution in [0, 0.1) is 11.7 Å². The topological polar surface area (TPSA) is 85.3 Å². The SMILES string of the molecule is NC1CCCC(C(=O)N2CCCC(c3nc(-c4ccc(F)cc4)no3)C2)C1. The first-order chi connectivity index (χ1) is 13.1. The number of hydrogen-bond donors (Lipinski definition) is 1. The number of piperidine rings is 1. The Balaban J connectivity index is 1.44. The summed E-state index contributed by atoms with van der Waals surface area (Å²) in [6, 6.07) is 6.16. The van der Waals surface area contributed by atoms with Crippen LogP contribution >= 0.6 is 0 Å². The van der Waals surface area contributed by atoms with E-state index >= 15 is 0 Å². The molecule has 1 aromatic carbocycles. The van der Waals surface area contributed by atoms with Crippen LogP contribution in [-0.2, 0) is 4.79 Å². The highest BCUT2D eigenvalue weighted by atomic mass is 19.1. The van der Waals surface area contributed by atoms with Gasteiger partial charge in [0.05, 0.1) is 5.92 Å². The predicted molar refractivity (Wildman–Crippen MR) is 98.2 cm³/mol. The third-order valence-electron chi connectivity index (χ3n) is 5.69. The van der Waals surface area contributed by atoms with Gasteiger partial charge in [-0.1, -0.05) is 11.6 Å². The van der Waals surface area contributed by atoms with Crippen molar-refractivity contribution in [1.29, 1.82) is 0 Å². The Hall–Kier alpha value is -2.28. The van der Waals surface area contributed by atoms with Crippen LogP contribution in [0.25, 0.3) is 11.4 Å². The zero-order chi connectivity index (χ0) is 18.8. The maximum atomic E-state index is 13.1. The molecule has 2 aliphatic rings. The van der Waals surface area contributed by atoms with Gasteiger partial charge in [0.25, 0.3) is 0 Å². The first kappa shape index (κ1) is 18.1. The van der Waals surface area contributed by atoms with Crippen molar-refractivity contribution in [2.45, 2.75) is 50.5 Å². The van der Waals surface area contributed by atoms with E-state index in [0.29, 0.717) is 23.8 Å². The molecular weight excluding hydrogens is 347 g/mol. The fourth-order valence-corrected chi connectivity index (χ4v) is 4.21. The number of aromatic nitrogens is 2. The largest absolute Gasteiger partial charge is 0.342 e. The van der Waals surface area contributed by atoms with E-state index in [4.69, 9.17) is 10.3 Å². The summed E-state index contributed by atoms with van der Waals surface area (Å²) >= 11 is 0. The quantitative estimate of drug-likeness (QED) is 0.895. The second kappa shape index (κ2) is 7.76. The van der Waals surface area contributed by atoms with Crippen molar-refractivity contribution >= 4 is 5.91 Å². The Labute approximate surface area is 157 Å². The van der Waals surface area contributed by atoms with Gasteiger partial charge in [-0.25, -0.2) is 4.39 Å². The van der Waals surface area contributed by atoms with Gasteiger partial charge in [0.1, 0.15) is 5.82 Å². The fraction of sp³-hybridized carbons (Fsp3) is 0.550. The number of likely N-dealkylation sites (tertiary alicyclic amines) is 1. The van der Waals surface area contributed by atoms with Crippen molar-refractivity contribution in [2.75, 3.05) is 13.1 Å². The van der Waals surface area contributed by atoms with Crippen LogP contribution in [0.1, 0.15) is 50.3 Å². The molecule has 2 fully saturated rings. The van der Waals surface area contributed by atoms with Crippen LogP contribution in [-0.4, -0.2) is 40.1 Å². The Morgan fingerprint density at radius 3 is 2.78 bits per heavy atom. The zero-order valence-electron chi connectivity index (χ0n) is 15.3. The molecule has 1 aliphatic heterocycles. The maximum absolute atomic E-state index is 13.1. The maximum Gasteiger partial charge on any atom is 0.231 e. The lowest BCUT2D eigenvalue weighted by molar-refractivity contribution is -0.138. The minimum Gasteiger partial charge on any atom is -0.342 e. The molecule has 2 heterocycles. The molecule has 4 rings (SSSR count). The van der Waals surface area contributed by atoms with E-state index in [1.807, 2.05) is 4.90 Å². The molecule has 1 aliphatic carbocycles. The van der Waals surface area contributed by atoms with Crippen LogP contribution in [0.4, 0.5) is 4.39 Å². The average Bonchev–Trinajstić information content (AvgIpc) is 3.18. The zero-order valence-corrected chi connectivity index (χ0v) is 15.3. The minimum absolute atomic E-state index is 0.0432. The summed E-state index contributed by atoms with van der Waals surface area (Å²) in [6.45, 7) is 1.38. The molecule has 2 aromatic rings. The van der Waals surface area contributed by atoms with Crippen LogP contribution < -0.4 is 5.73 Å². The number of rotatable bonds is 3. The number of benzene rings is 1. The first-order valence-electron chi connectivity index (χ1n) is 9.74. The molecule has 1 aromatic heterocycles. The Bertz CT molecular complexity index is 792. The van der Waals surface area contributed by atoms with E-state index in [2.05, 4.69) is 10.1 Å².